The molecule has 4 nitrogen and oxygen atoms in total. The third-order valence-electron chi connectivity index (χ3n) is 4.09. The summed E-state index contributed by atoms with van der Waals surface area (Å²) in [4.78, 5) is 9.20. The smallest absolute Gasteiger partial charge is 0.135 e. The molecule has 0 aliphatic heterocycles. The Labute approximate surface area is 115 Å². The number of rotatable bonds is 6. The van der Waals surface area contributed by atoms with Crippen LogP contribution in [0.3, 0.4) is 0 Å². The van der Waals surface area contributed by atoms with Crippen molar-refractivity contribution >= 4 is 11.6 Å². The van der Waals surface area contributed by atoms with Crippen LogP contribution in [0.2, 0.25) is 0 Å². The van der Waals surface area contributed by atoms with E-state index < -0.39 is 0 Å². The van der Waals surface area contributed by atoms with E-state index in [1.807, 2.05) is 13.1 Å². The Morgan fingerprint density at radius 2 is 1.63 bits per heavy atom. The highest BCUT2D eigenvalue weighted by Crippen LogP contribution is 2.45. The molecule has 104 valence electrons. The zero-order valence-corrected chi connectivity index (χ0v) is 12.1. The molecule has 2 fully saturated rings. The van der Waals surface area contributed by atoms with E-state index in [-0.39, 0.29) is 0 Å². The lowest BCUT2D eigenvalue weighted by Gasteiger charge is -2.19. The number of anilines is 2. The first kappa shape index (κ1) is 12.7. The summed E-state index contributed by atoms with van der Waals surface area (Å²) < 4.78 is 0. The van der Waals surface area contributed by atoms with Gasteiger partial charge in [0.1, 0.15) is 17.5 Å². The van der Waals surface area contributed by atoms with Gasteiger partial charge in [-0.25, -0.2) is 9.97 Å². The molecule has 19 heavy (non-hydrogen) atoms. The van der Waals surface area contributed by atoms with Gasteiger partial charge in [0, 0.05) is 25.1 Å². The van der Waals surface area contributed by atoms with E-state index in [0.717, 1.165) is 29.3 Å². The van der Waals surface area contributed by atoms with Crippen LogP contribution in [0.4, 0.5) is 11.6 Å². The van der Waals surface area contributed by atoms with Gasteiger partial charge in [0.15, 0.2) is 0 Å². The average molecular weight is 260 g/mol. The minimum Gasteiger partial charge on any atom is -0.373 e. The molecule has 0 aromatic carbocycles. The van der Waals surface area contributed by atoms with Crippen LogP contribution in [0.5, 0.6) is 0 Å². The molecule has 0 spiro atoms. The van der Waals surface area contributed by atoms with Crippen LogP contribution in [0.1, 0.15) is 51.3 Å². The fraction of sp³-hybridized carbons (Fsp3) is 0.733. The molecule has 2 saturated carbocycles. The minimum absolute atomic E-state index is 0.356. The van der Waals surface area contributed by atoms with Crippen molar-refractivity contribution in [3.8, 4) is 0 Å². The van der Waals surface area contributed by atoms with Crippen LogP contribution in [0.25, 0.3) is 0 Å². The van der Waals surface area contributed by atoms with Crippen molar-refractivity contribution in [2.45, 2.75) is 51.5 Å². The first-order valence-electron chi connectivity index (χ1n) is 7.50. The van der Waals surface area contributed by atoms with E-state index >= 15 is 0 Å². The molecule has 2 N–H and O–H groups in total. The molecule has 0 bridgehead atoms. The largest absolute Gasteiger partial charge is 0.373 e. The molecule has 4 heteroatoms. The Kier molecular flexibility index (Phi) is 3.33. The molecule has 0 unspecified atom stereocenters. The van der Waals surface area contributed by atoms with Crippen molar-refractivity contribution < 1.29 is 0 Å². The van der Waals surface area contributed by atoms with E-state index in [1.165, 1.54) is 25.7 Å². The van der Waals surface area contributed by atoms with Crippen molar-refractivity contribution in [3.05, 3.63) is 11.9 Å². The lowest BCUT2D eigenvalue weighted by atomic mass is 10.1. The summed E-state index contributed by atoms with van der Waals surface area (Å²) in [6.45, 7) is 4.27. The van der Waals surface area contributed by atoms with Gasteiger partial charge in [0.2, 0.25) is 0 Å². The van der Waals surface area contributed by atoms with Gasteiger partial charge in [-0.15, -0.1) is 0 Å². The summed E-state index contributed by atoms with van der Waals surface area (Å²) in [7, 11) is 1.91. The van der Waals surface area contributed by atoms with Crippen molar-refractivity contribution in [2.24, 2.45) is 11.8 Å². The lowest BCUT2D eigenvalue weighted by molar-refractivity contribution is 0.564. The second-order valence-electron chi connectivity index (χ2n) is 6.25. The lowest BCUT2D eigenvalue weighted by Crippen LogP contribution is -2.25. The van der Waals surface area contributed by atoms with E-state index in [4.69, 9.17) is 0 Å². The fourth-order valence-corrected chi connectivity index (χ4v) is 2.63. The third-order valence-corrected chi connectivity index (χ3v) is 4.09. The van der Waals surface area contributed by atoms with Crippen LogP contribution in [0.15, 0.2) is 6.07 Å². The standard InChI is InChI=1S/C15H24N4/c1-9(2)15-18-12(16-3)8-13(19-15)17-14(10-4-5-10)11-6-7-11/h8-11,14H,4-7H2,1-3H3,(H2,16,17,18,19). The Bertz CT molecular complexity index is 437. The van der Waals surface area contributed by atoms with E-state index in [1.54, 1.807) is 0 Å². The molecule has 0 amide bonds. The van der Waals surface area contributed by atoms with Crippen LogP contribution in [-0.4, -0.2) is 23.1 Å². The van der Waals surface area contributed by atoms with Gasteiger partial charge in [-0.1, -0.05) is 13.8 Å². The summed E-state index contributed by atoms with van der Waals surface area (Å²) in [5.74, 6) is 4.93. The number of nitrogens with zero attached hydrogens (tertiary/aromatic N) is 2. The van der Waals surface area contributed by atoms with Crippen LogP contribution in [-0.2, 0) is 0 Å². The van der Waals surface area contributed by atoms with Crippen molar-refractivity contribution in [1.29, 1.82) is 0 Å². The van der Waals surface area contributed by atoms with E-state index in [2.05, 4.69) is 34.4 Å². The highest BCUT2D eigenvalue weighted by Gasteiger charge is 2.41. The Balaban J connectivity index is 1.80. The average Bonchev–Trinajstić information content (AvgIpc) is 3.28. The topological polar surface area (TPSA) is 49.8 Å². The van der Waals surface area contributed by atoms with Crippen molar-refractivity contribution in [2.75, 3.05) is 17.7 Å². The van der Waals surface area contributed by atoms with Crippen LogP contribution < -0.4 is 10.6 Å². The summed E-state index contributed by atoms with van der Waals surface area (Å²) >= 11 is 0. The van der Waals surface area contributed by atoms with Crippen molar-refractivity contribution in [3.63, 3.8) is 0 Å². The fourth-order valence-electron chi connectivity index (χ4n) is 2.63. The number of hydrogen-bond donors (Lipinski definition) is 2. The second-order valence-corrected chi connectivity index (χ2v) is 6.25. The summed E-state index contributed by atoms with van der Waals surface area (Å²) in [5, 5.41) is 6.82. The molecule has 0 atom stereocenters. The summed E-state index contributed by atoms with van der Waals surface area (Å²) in [6, 6.07) is 2.67. The highest BCUT2D eigenvalue weighted by atomic mass is 15.1. The zero-order valence-electron chi connectivity index (χ0n) is 12.1. The first-order chi connectivity index (χ1) is 9.17. The zero-order chi connectivity index (χ0) is 13.4. The second kappa shape index (κ2) is 4.99. The number of hydrogen-bond acceptors (Lipinski definition) is 4. The van der Waals surface area contributed by atoms with Gasteiger partial charge < -0.3 is 10.6 Å². The van der Waals surface area contributed by atoms with Crippen molar-refractivity contribution in [1.82, 2.24) is 9.97 Å². The van der Waals surface area contributed by atoms with E-state index in [9.17, 15) is 0 Å². The number of nitrogens with one attached hydrogen (secondary N) is 2. The third kappa shape index (κ3) is 2.99. The van der Waals surface area contributed by atoms with Gasteiger partial charge in [0.05, 0.1) is 0 Å². The normalized spacial score (nSPS) is 19.0. The SMILES string of the molecule is CNc1cc(NC(C2CC2)C2CC2)nc(C(C)C)n1. The maximum Gasteiger partial charge on any atom is 0.135 e. The maximum absolute atomic E-state index is 4.68. The Morgan fingerprint density at radius 1 is 1.05 bits per heavy atom. The van der Waals surface area contributed by atoms with Gasteiger partial charge in [-0.3, -0.25) is 0 Å². The molecule has 1 aromatic heterocycles. The monoisotopic (exact) mass is 260 g/mol. The minimum atomic E-state index is 0.356. The first-order valence-corrected chi connectivity index (χ1v) is 7.50. The predicted octanol–water partition coefficient (Wildman–Crippen LogP) is 3.24. The van der Waals surface area contributed by atoms with Gasteiger partial charge in [-0.05, 0) is 37.5 Å². The predicted molar refractivity (Wildman–Crippen MR) is 78.5 cm³/mol. The quantitative estimate of drug-likeness (QED) is 0.824. The molecule has 1 heterocycles. The maximum atomic E-state index is 4.68. The van der Waals surface area contributed by atoms with Gasteiger partial charge in [0.25, 0.3) is 0 Å². The highest BCUT2D eigenvalue weighted by molar-refractivity contribution is 5.48. The van der Waals surface area contributed by atoms with E-state index in [0.29, 0.717) is 12.0 Å². The summed E-state index contributed by atoms with van der Waals surface area (Å²) in [6.07, 6.45) is 5.54. The Hall–Kier alpha value is -1.32. The molecule has 2 aliphatic rings. The van der Waals surface area contributed by atoms with Gasteiger partial charge in [-0.2, -0.15) is 0 Å². The van der Waals surface area contributed by atoms with Gasteiger partial charge >= 0.3 is 0 Å². The molecule has 1 aromatic rings. The molecular weight excluding hydrogens is 236 g/mol. The molecular formula is C15H24N4. The molecule has 0 radical (unpaired) electrons. The molecule has 3 rings (SSSR count). The van der Waals surface area contributed by atoms with Crippen LogP contribution in [0, 0.1) is 11.8 Å². The Morgan fingerprint density at radius 3 is 2.11 bits per heavy atom. The number of aromatic nitrogens is 2. The molecule has 0 saturated heterocycles. The molecule has 2 aliphatic carbocycles. The summed E-state index contributed by atoms with van der Waals surface area (Å²) in [5.41, 5.74) is 0. The van der Waals surface area contributed by atoms with Crippen LogP contribution >= 0.6 is 0 Å².